The summed E-state index contributed by atoms with van der Waals surface area (Å²) in [5.74, 6) is 0.706. The van der Waals surface area contributed by atoms with Crippen LogP contribution >= 0.6 is 0 Å². The van der Waals surface area contributed by atoms with Gasteiger partial charge in [-0.15, -0.1) is 6.58 Å². The van der Waals surface area contributed by atoms with Crippen LogP contribution in [0.5, 0.6) is 0 Å². The molecule has 0 saturated carbocycles. The molecule has 0 N–H and O–H groups in total. The second-order valence-electron chi connectivity index (χ2n) is 5.30. The summed E-state index contributed by atoms with van der Waals surface area (Å²) in [6.07, 6.45) is 7.70. The molecule has 0 spiro atoms. The van der Waals surface area contributed by atoms with Crippen LogP contribution in [0.4, 0.5) is 0 Å². The maximum Gasteiger partial charge on any atom is 0.223 e. The van der Waals surface area contributed by atoms with E-state index in [4.69, 9.17) is 0 Å². The van der Waals surface area contributed by atoms with Crippen LogP contribution in [-0.2, 0) is 4.79 Å². The first-order chi connectivity index (χ1) is 8.29. The van der Waals surface area contributed by atoms with Crippen molar-refractivity contribution in [2.24, 2.45) is 5.92 Å². The minimum absolute atomic E-state index is 0.316. The summed E-state index contributed by atoms with van der Waals surface area (Å²) >= 11 is 0. The van der Waals surface area contributed by atoms with Gasteiger partial charge in [-0.1, -0.05) is 6.08 Å². The molecule has 1 unspecified atom stereocenters. The number of carbonyl (C=O) groups is 1. The van der Waals surface area contributed by atoms with Crippen molar-refractivity contribution >= 4 is 5.91 Å². The van der Waals surface area contributed by atoms with Gasteiger partial charge in [0.25, 0.3) is 0 Å². The fourth-order valence-electron chi connectivity index (χ4n) is 2.82. The number of likely N-dealkylation sites (tertiary alicyclic amines) is 2. The van der Waals surface area contributed by atoms with Gasteiger partial charge in [-0.3, -0.25) is 4.79 Å². The summed E-state index contributed by atoms with van der Waals surface area (Å²) in [5, 5.41) is 0. The van der Waals surface area contributed by atoms with Crippen LogP contribution in [-0.4, -0.2) is 48.4 Å². The summed E-state index contributed by atoms with van der Waals surface area (Å²) in [5.41, 5.74) is 0. The van der Waals surface area contributed by atoms with E-state index in [1.54, 1.807) is 0 Å². The number of rotatable bonds is 6. The maximum absolute atomic E-state index is 11.7. The molecule has 2 fully saturated rings. The fourth-order valence-corrected chi connectivity index (χ4v) is 2.82. The zero-order valence-electron chi connectivity index (χ0n) is 10.7. The van der Waals surface area contributed by atoms with Crippen LogP contribution in [0.15, 0.2) is 12.7 Å². The smallest absolute Gasteiger partial charge is 0.223 e. The van der Waals surface area contributed by atoms with Gasteiger partial charge in [0.2, 0.25) is 5.91 Å². The number of carbonyl (C=O) groups excluding carboxylic acids is 1. The molecular formula is C14H24N2O. The van der Waals surface area contributed by atoms with Crippen molar-refractivity contribution in [3.05, 3.63) is 12.7 Å². The van der Waals surface area contributed by atoms with Gasteiger partial charge in [0.05, 0.1) is 0 Å². The van der Waals surface area contributed by atoms with Gasteiger partial charge in [0.15, 0.2) is 0 Å². The van der Waals surface area contributed by atoms with E-state index in [1.165, 1.54) is 38.9 Å². The molecule has 2 heterocycles. The first-order valence-electron chi connectivity index (χ1n) is 6.92. The van der Waals surface area contributed by atoms with E-state index in [2.05, 4.69) is 11.5 Å². The Balaban J connectivity index is 1.58. The Bertz CT molecular complexity index is 271. The predicted octanol–water partition coefficient (Wildman–Crippen LogP) is 1.90. The first-order valence-corrected chi connectivity index (χ1v) is 6.92. The number of hydrogen-bond donors (Lipinski definition) is 0. The van der Waals surface area contributed by atoms with E-state index in [1.807, 2.05) is 11.0 Å². The molecule has 3 heteroatoms. The van der Waals surface area contributed by atoms with Gasteiger partial charge in [-0.05, 0) is 45.3 Å². The number of hydrogen-bond acceptors (Lipinski definition) is 2. The minimum atomic E-state index is 0.316. The number of unbranched alkanes of at least 4 members (excludes halogenated alkanes) is 1. The van der Waals surface area contributed by atoms with Crippen molar-refractivity contribution in [1.82, 2.24) is 9.80 Å². The van der Waals surface area contributed by atoms with Crippen molar-refractivity contribution in [3.63, 3.8) is 0 Å². The Morgan fingerprint density at radius 1 is 1.24 bits per heavy atom. The Hall–Kier alpha value is -0.830. The Morgan fingerprint density at radius 2 is 1.94 bits per heavy atom. The predicted molar refractivity (Wildman–Crippen MR) is 69.8 cm³/mol. The highest BCUT2D eigenvalue weighted by molar-refractivity contribution is 5.78. The van der Waals surface area contributed by atoms with Gasteiger partial charge >= 0.3 is 0 Å². The number of nitrogens with zero attached hydrogens (tertiary/aromatic N) is 2. The molecule has 96 valence electrons. The van der Waals surface area contributed by atoms with Crippen LogP contribution in [0.2, 0.25) is 0 Å². The van der Waals surface area contributed by atoms with Gasteiger partial charge in [-0.25, -0.2) is 0 Å². The van der Waals surface area contributed by atoms with E-state index >= 15 is 0 Å². The van der Waals surface area contributed by atoms with E-state index in [0.717, 1.165) is 19.5 Å². The van der Waals surface area contributed by atoms with E-state index in [-0.39, 0.29) is 0 Å². The molecule has 2 aliphatic heterocycles. The summed E-state index contributed by atoms with van der Waals surface area (Å²) in [4.78, 5) is 16.2. The lowest BCUT2D eigenvalue weighted by atomic mass is 10.1. The molecule has 2 aliphatic rings. The van der Waals surface area contributed by atoms with Gasteiger partial charge in [0.1, 0.15) is 0 Å². The Kier molecular flexibility index (Phi) is 4.60. The largest absolute Gasteiger partial charge is 0.342 e. The van der Waals surface area contributed by atoms with Crippen LogP contribution in [0.25, 0.3) is 0 Å². The normalized spacial score (nSPS) is 25.8. The molecular weight excluding hydrogens is 212 g/mol. The van der Waals surface area contributed by atoms with Crippen LogP contribution < -0.4 is 0 Å². The zero-order chi connectivity index (χ0) is 12.1. The second-order valence-corrected chi connectivity index (χ2v) is 5.30. The third kappa shape index (κ3) is 3.56. The molecule has 0 radical (unpaired) electrons. The van der Waals surface area contributed by atoms with Crippen molar-refractivity contribution in [2.75, 3.05) is 32.7 Å². The topological polar surface area (TPSA) is 23.6 Å². The van der Waals surface area contributed by atoms with Crippen molar-refractivity contribution in [1.29, 1.82) is 0 Å². The van der Waals surface area contributed by atoms with Crippen LogP contribution in [0.3, 0.4) is 0 Å². The highest BCUT2D eigenvalue weighted by Crippen LogP contribution is 2.18. The molecule has 17 heavy (non-hydrogen) atoms. The molecule has 0 aliphatic carbocycles. The highest BCUT2D eigenvalue weighted by Gasteiger charge is 2.26. The van der Waals surface area contributed by atoms with E-state index < -0.39 is 0 Å². The van der Waals surface area contributed by atoms with Crippen molar-refractivity contribution in [3.8, 4) is 0 Å². The lowest BCUT2D eigenvalue weighted by Crippen LogP contribution is -2.27. The average molecular weight is 236 g/mol. The quantitative estimate of drug-likeness (QED) is 0.519. The van der Waals surface area contributed by atoms with Gasteiger partial charge in [0, 0.05) is 25.4 Å². The van der Waals surface area contributed by atoms with Crippen molar-refractivity contribution < 1.29 is 4.79 Å². The summed E-state index contributed by atoms with van der Waals surface area (Å²) in [7, 11) is 0. The maximum atomic E-state index is 11.7. The molecule has 0 aromatic carbocycles. The van der Waals surface area contributed by atoms with E-state index in [9.17, 15) is 4.79 Å². The molecule has 1 amide bonds. The lowest BCUT2D eigenvalue weighted by molar-refractivity contribution is -0.127. The molecule has 0 bridgehead atoms. The van der Waals surface area contributed by atoms with E-state index in [0.29, 0.717) is 18.2 Å². The standard InChI is InChI=1S/C14H24N2O/c1-2-13-11-14(17)16(12-13)10-6-5-9-15-7-3-4-8-15/h2,13H,1,3-12H2. The van der Waals surface area contributed by atoms with Gasteiger partial charge < -0.3 is 9.80 Å². The van der Waals surface area contributed by atoms with Crippen molar-refractivity contribution in [2.45, 2.75) is 32.1 Å². The second kappa shape index (κ2) is 6.20. The third-order valence-corrected chi connectivity index (χ3v) is 3.93. The van der Waals surface area contributed by atoms with Crippen LogP contribution in [0, 0.1) is 5.92 Å². The fraction of sp³-hybridized carbons (Fsp3) is 0.786. The Labute approximate surface area is 104 Å². The average Bonchev–Trinajstić information content (AvgIpc) is 2.94. The minimum Gasteiger partial charge on any atom is -0.342 e. The molecule has 0 aromatic heterocycles. The Morgan fingerprint density at radius 3 is 2.59 bits per heavy atom. The number of amides is 1. The summed E-state index contributed by atoms with van der Waals surface area (Å²) < 4.78 is 0. The zero-order valence-corrected chi connectivity index (χ0v) is 10.7. The monoisotopic (exact) mass is 236 g/mol. The summed E-state index contributed by atoms with van der Waals surface area (Å²) in [6, 6.07) is 0. The molecule has 2 rings (SSSR count). The molecule has 0 aromatic rings. The molecule has 2 saturated heterocycles. The highest BCUT2D eigenvalue weighted by atomic mass is 16.2. The molecule has 1 atom stereocenters. The summed E-state index contributed by atoms with van der Waals surface area (Å²) in [6.45, 7) is 9.38. The van der Waals surface area contributed by atoms with Gasteiger partial charge in [-0.2, -0.15) is 0 Å². The SMILES string of the molecule is C=CC1CC(=O)N(CCCCN2CCCC2)C1. The molecule has 3 nitrogen and oxygen atoms in total. The first kappa shape index (κ1) is 12.6. The third-order valence-electron chi connectivity index (χ3n) is 3.93. The van der Waals surface area contributed by atoms with Crippen LogP contribution in [0.1, 0.15) is 32.1 Å². The lowest BCUT2D eigenvalue weighted by Gasteiger charge is -2.18.